The third-order valence-corrected chi connectivity index (χ3v) is 4.34. The Bertz CT molecular complexity index is 663. The van der Waals surface area contributed by atoms with Crippen LogP contribution in [0.1, 0.15) is 41.5 Å². The zero-order valence-electron chi connectivity index (χ0n) is 14.5. The van der Waals surface area contributed by atoms with Gasteiger partial charge in [-0.3, -0.25) is 0 Å². The fourth-order valence-electron chi connectivity index (χ4n) is 2.92. The third kappa shape index (κ3) is 3.96. The molecule has 2 aromatic rings. The van der Waals surface area contributed by atoms with Gasteiger partial charge in [-0.2, -0.15) is 0 Å². The van der Waals surface area contributed by atoms with Gasteiger partial charge in [-0.05, 0) is 25.5 Å². The van der Waals surface area contributed by atoms with Crippen LogP contribution in [0, 0.1) is 6.92 Å². The molecule has 4 nitrogen and oxygen atoms in total. The van der Waals surface area contributed by atoms with Crippen molar-refractivity contribution in [2.24, 2.45) is 0 Å². The molecule has 0 spiro atoms. The van der Waals surface area contributed by atoms with Gasteiger partial charge < -0.3 is 19.5 Å². The van der Waals surface area contributed by atoms with E-state index in [4.69, 9.17) is 14.2 Å². The molecule has 0 bridgehead atoms. The van der Waals surface area contributed by atoms with Crippen molar-refractivity contribution in [1.82, 2.24) is 5.32 Å². The van der Waals surface area contributed by atoms with E-state index < -0.39 is 0 Å². The molecular formula is C20H25NO3. The smallest absolute Gasteiger partial charge is 0.184 e. The van der Waals surface area contributed by atoms with Crippen LogP contribution in [0.3, 0.4) is 0 Å². The van der Waals surface area contributed by atoms with E-state index in [0.29, 0.717) is 13.2 Å². The standard InChI is InChI=1S/C20H25NO3/c1-14-4-9-19(22-3)18(12-14)15(2)21-13-16-5-7-17(8-6-16)20-23-10-11-24-20/h4-9,12,15,20-21H,10-11,13H2,1-3H3/t15-/m0/s1. The highest BCUT2D eigenvalue weighted by Gasteiger charge is 2.18. The van der Waals surface area contributed by atoms with E-state index in [-0.39, 0.29) is 12.3 Å². The lowest BCUT2D eigenvalue weighted by Crippen LogP contribution is -2.19. The summed E-state index contributed by atoms with van der Waals surface area (Å²) in [5.74, 6) is 0.923. The summed E-state index contributed by atoms with van der Waals surface area (Å²) in [4.78, 5) is 0. The molecule has 3 rings (SSSR count). The monoisotopic (exact) mass is 327 g/mol. The summed E-state index contributed by atoms with van der Waals surface area (Å²) < 4.78 is 16.5. The lowest BCUT2D eigenvalue weighted by Gasteiger charge is -2.18. The molecule has 24 heavy (non-hydrogen) atoms. The van der Waals surface area contributed by atoms with Gasteiger partial charge in [0, 0.05) is 23.7 Å². The number of benzene rings is 2. The summed E-state index contributed by atoms with van der Waals surface area (Å²) in [7, 11) is 1.72. The van der Waals surface area contributed by atoms with Crippen molar-refractivity contribution < 1.29 is 14.2 Å². The van der Waals surface area contributed by atoms with E-state index in [1.165, 1.54) is 16.7 Å². The Kier molecular flexibility index (Phi) is 5.51. The van der Waals surface area contributed by atoms with Crippen LogP contribution in [-0.4, -0.2) is 20.3 Å². The van der Waals surface area contributed by atoms with Crippen LogP contribution in [0.4, 0.5) is 0 Å². The van der Waals surface area contributed by atoms with Gasteiger partial charge in [-0.15, -0.1) is 0 Å². The molecule has 1 aliphatic heterocycles. The predicted octanol–water partition coefficient (Wildman–Crippen LogP) is 3.90. The highest BCUT2D eigenvalue weighted by atomic mass is 16.7. The van der Waals surface area contributed by atoms with Crippen LogP contribution in [0.5, 0.6) is 5.75 Å². The van der Waals surface area contributed by atoms with Gasteiger partial charge >= 0.3 is 0 Å². The summed E-state index contributed by atoms with van der Waals surface area (Å²) in [5, 5.41) is 3.56. The Morgan fingerprint density at radius 2 is 1.83 bits per heavy atom. The van der Waals surface area contributed by atoms with Crippen LogP contribution in [0.15, 0.2) is 42.5 Å². The largest absolute Gasteiger partial charge is 0.496 e. The van der Waals surface area contributed by atoms with Gasteiger partial charge in [0.05, 0.1) is 20.3 Å². The molecule has 4 heteroatoms. The first-order valence-corrected chi connectivity index (χ1v) is 8.37. The SMILES string of the molecule is COc1ccc(C)cc1[C@H](C)NCc1ccc(C2OCCO2)cc1. The topological polar surface area (TPSA) is 39.7 Å². The van der Waals surface area contributed by atoms with Crippen LogP contribution in [0.25, 0.3) is 0 Å². The van der Waals surface area contributed by atoms with Crippen LogP contribution in [-0.2, 0) is 16.0 Å². The second kappa shape index (κ2) is 7.79. The average molecular weight is 327 g/mol. The molecule has 1 aliphatic rings. The van der Waals surface area contributed by atoms with Gasteiger partial charge in [-0.1, -0.05) is 42.0 Å². The van der Waals surface area contributed by atoms with E-state index in [9.17, 15) is 0 Å². The third-order valence-electron chi connectivity index (χ3n) is 4.34. The van der Waals surface area contributed by atoms with Crippen molar-refractivity contribution in [1.29, 1.82) is 0 Å². The summed E-state index contributed by atoms with van der Waals surface area (Å²) >= 11 is 0. The number of hydrogen-bond donors (Lipinski definition) is 1. The minimum Gasteiger partial charge on any atom is -0.496 e. The van der Waals surface area contributed by atoms with Crippen molar-refractivity contribution >= 4 is 0 Å². The maximum atomic E-state index is 5.52. The van der Waals surface area contributed by atoms with Crippen molar-refractivity contribution in [3.8, 4) is 5.75 Å². The number of rotatable bonds is 6. The zero-order valence-corrected chi connectivity index (χ0v) is 14.5. The van der Waals surface area contributed by atoms with Gasteiger partial charge in [0.15, 0.2) is 6.29 Å². The Hall–Kier alpha value is -1.88. The maximum absolute atomic E-state index is 5.52. The quantitative estimate of drug-likeness (QED) is 0.873. The molecule has 0 aromatic heterocycles. The number of hydrogen-bond acceptors (Lipinski definition) is 4. The van der Waals surface area contributed by atoms with Crippen LogP contribution in [0.2, 0.25) is 0 Å². The number of ether oxygens (including phenoxy) is 3. The van der Waals surface area contributed by atoms with Gasteiger partial charge in [0.1, 0.15) is 5.75 Å². The average Bonchev–Trinajstić information content (AvgIpc) is 3.14. The van der Waals surface area contributed by atoms with E-state index in [2.05, 4.69) is 55.6 Å². The Labute approximate surface area is 143 Å². The fraction of sp³-hybridized carbons (Fsp3) is 0.400. The van der Waals surface area contributed by atoms with Crippen molar-refractivity contribution in [2.45, 2.75) is 32.7 Å². The van der Waals surface area contributed by atoms with Crippen LogP contribution < -0.4 is 10.1 Å². The number of methoxy groups -OCH3 is 1. The van der Waals surface area contributed by atoms with Gasteiger partial charge in [0.25, 0.3) is 0 Å². The second-order valence-corrected chi connectivity index (χ2v) is 6.16. The molecule has 1 atom stereocenters. The molecule has 0 saturated carbocycles. The molecule has 0 unspecified atom stereocenters. The lowest BCUT2D eigenvalue weighted by molar-refractivity contribution is -0.0441. The minimum atomic E-state index is -0.206. The molecular weight excluding hydrogens is 302 g/mol. The van der Waals surface area contributed by atoms with E-state index in [1.807, 2.05) is 6.07 Å². The molecule has 1 fully saturated rings. The van der Waals surface area contributed by atoms with E-state index in [1.54, 1.807) is 7.11 Å². The molecule has 2 aromatic carbocycles. The van der Waals surface area contributed by atoms with E-state index >= 15 is 0 Å². The maximum Gasteiger partial charge on any atom is 0.184 e. The summed E-state index contributed by atoms with van der Waals surface area (Å²) in [6.45, 7) is 6.39. The summed E-state index contributed by atoms with van der Waals surface area (Å²) in [6, 6.07) is 14.9. The summed E-state index contributed by atoms with van der Waals surface area (Å²) in [6.07, 6.45) is -0.206. The van der Waals surface area contributed by atoms with E-state index in [0.717, 1.165) is 17.9 Å². The Balaban J connectivity index is 1.61. The van der Waals surface area contributed by atoms with Crippen molar-refractivity contribution in [3.05, 3.63) is 64.7 Å². The van der Waals surface area contributed by atoms with Crippen molar-refractivity contribution in [3.63, 3.8) is 0 Å². The highest BCUT2D eigenvalue weighted by molar-refractivity contribution is 5.39. The predicted molar refractivity (Wildman–Crippen MR) is 94.1 cm³/mol. The summed E-state index contributed by atoms with van der Waals surface area (Å²) in [5.41, 5.74) is 4.72. The lowest BCUT2D eigenvalue weighted by atomic mass is 10.0. The molecule has 1 saturated heterocycles. The first-order valence-electron chi connectivity index (χ1n) is 8.37. The molecule has 0 aliphatic carbocycles. The number of aryl methyl sites for hydroxylation is 1. The van der Waals surface area contributed by atoms with Crippen molar-refractivity contribution in [2.75, 3.05) is 20.3 Å². The first-order chi connectivity index (χ1) is 11.7. The highest BCUT2D eigenvalue weighted by Crippen LogP contribution is 2.27. The number of nitrogens with one attached hydrogen (secondary N) is 1. The molecule has 128 valence electrons. The molecule has 0 radical (unpaired) electrons. The minimum absolute atomic E-state index is 0.206. The second-order valence-electron chi connectivity index (χ2n) is 6.16. The van der Waals surface area contributed by atoms with Gasteiger partial charge in [0.2, 0.25) is 0 Å². The molecule has 1 N–H and O–H groups in total. The first kappa shape index (κ1) is 17.0. The molecule has 1 heterocycles. The van der Waals surface area contributed by atoms with Gasteiger partial charge in [-0.25, -0.2) is 0 Å². The normalized spacial score (nSPS) is 16.3. The van der Waals surface area contributed by atoms with Crippen LogP contribution >= 0.6 is 0 Å². The Morgan fingerprint density at radius 1 is 1.12 bits per heavy atom. The Morgan fingerprint density at radius 3 is 2.50 bits per heavy atom. The molecule has 0 amide bonds. The zero-order chi connectivity index (χ0) is 16.9. The fourth-order valence-corrected chi connectivity index (χ4v) is 2.92.